The normalized spacial score (nSPS) is 18.0. The zero-order valence-electron chi connectivity index (χ0n) is 31.4. The number of nitrogens with one attached hydrogen (secondary N) is 4. The molecule has 2 aliphatic rings. The van der Waals surface area contributed by atoms with Crippen LogP contribution in [0, 0.1) is 5.92 Å². The van der Waals surface area contributed by atoms with Gasteiger partial charge in [-0.25, -0.2) is 14.6 Å². The van der Waals surface area contributed by atoms with Crippen LogP contribution in [0.25, 0.3) is 33.6 Å². The van der Waals surface area contributed by atoms with Gasteiger partial charge in [-0.1, -0.05) is 62.4 Å². The average molecular weight is 740 g/mol. The molecular formula is C40H49N7O7. The minimum absolute atomic E-state index is 0.0318. The second kappa shape index (κ2) is 17.0. The molecule has 4 atom stereocenters. The van der Waals surface area contributed by atoms with Crippen molar-refractivity contribution in [3.05, 3.63) is 78.4 Å². The zero-order chi connectivity index (χ0) is 38.4. The van der Waals surface area contributed by atoms with Crippen molar-refractivity contribution in [2.45, 2.75) is 63.7 Å². The predicted molar refractivity (Wildman–Crippen MR) is 202 cm³/mol. The standard InChI is InChI=1S/C40H49N7O7/c1-24(2)35(45-40(51)54-5)38(49)46-20-6-8-33(46)30-19-18-29(42-30)27-14-10-25(11-15-27)26-12-16-28(17-13-26)31-22-41-36(43-31)34-9-7-21-47(34)37(48)32(23-52-3)44-39(50)53-4/h10-19,22,24,32-35,42H,6-9,20-21,23H2,1-5H3,(H,41,43)(H,44,50)(H,45,51)/t32-,33-,34-,35-/m0/s1. The monoisotopic (exact) mass is 739 g/mol. The van der Waals surface area contributed by atoms with E-state index in [2.05, 4.69) is 62.0 Å². The van der Waals surface area contributed by atoms with E-state index in [9.17, 15) is 19.2 Å². The average Bonchev–Trinajstić information content (AvgIpc) is 4.03. The van der Waals surface area contributed by atoms with Crippen molar-refractivity contribution >= 4 is 24.0 Å². The first-order valence-electron chi connectivity index (χ1n) is 18.4. The number of hydrogen-bond donors (Lipinski definition) is 4. The molecule has 0 saturated carbocycles. The van der Waals surface area contributed by atoms with Crippen molar-refractivity contribution in [2.24, 2.45) is 5.92 Å². The Kier molecular flexibility index (Phi) is 12.0. The van der Waals surface area contributed by atoms with Crippen LogP contribution in [0.2, 0.25) is 0 Å². The summed E-state index contributed by atoms with van der Waals surface area (Å²) in [5.41, 5.74) is 6.91. The van der Waals surface area contributed by atoms with Crippen LogP contribution in [0.4, 0.5) is 9.59 Å². The molecule has 0 unspecified atom stereocenters. The Labute approximate surface area is 314 Å². The number of imidazole rings is 1. The lowest BCUT2D eigenvalue weighted by atomic mass is 10.0. The maximum Gasteiger partial charge on any atom is 0.407 e. The van der Waals surface area contributed by atoms with Crippen molar-refractivity contribution in [1.82, 2.24) is 35.4 Å². The Hall–Kier alpha value is -5.63. The third kappa shape index (κ3) is 8.28. The number of carbonyl (C=O) groups is 4. The lowest BCUT2D eigenvalue weighted by Gasteiger charge is -2.30. The van der Waals surface area contributed by atoms with E-state index in [4.69, 9.17) is 14.2 Å². The van der Waals surface area contributed by atoms with Gasteiger partial charge in [0, 0.05) is 31.6 Å². The molecular weight excluding hydrogens is 690 g/mol. The summed E-state index contributed by atoms with van der Waals surface area (Å²) in [6, 6.07) is 18.8. The molecule has 14 nitrogen and oxygen atoms in total. The highest BCUT2D eigenvalue weighted by atomic mass is 16.5. The summed E-state index contributed by atoms with van der Waals surface area (Å²) in [6.07, 6.45) is 3.78. The van der Waals surface area contributed by atoms with E-state index < -0.39 is 24.3 Å². The highest BCUT2D eigenvalue weighted by molar-refractivity contribution is 5.87. The van der Waals surface area contributed by atoms with Gasteiger partial charge in [0.15, 0.2) is 0 Å². The Morgan fingerprint density at radius 2 is 1.28 bits per heavy atom. The molecule has 286 valence electrons. The summed E-state index contributed by atoms with van der Waals surface area (Å²) < 4.78 is 14.6. The number of H-pyrrole nitrogens is 2. The number of hydrogen-bond acceptors (Lipinski definition) is 8. The van der Waals surface area contributed by atoms with Gasteiger partial charge in [0.05, 0.1) is 44.8 Å². The minimum Gasteiger partial charge on any atom is -0.453 e. The number of aromatic nitrogens is 3. The first-order valence-corrected chi connectivity index (χ1v) is 18.4. The van der Waals surface area contributed by atoms with E-state index in [0.717, 1.165) is 65.0 Å². The van der Waals surface area contributed by atoms with Gasteiger partial charge in [0.25, 0.3) is 0 Å². The van der Waals surface area contributed by atoms with Gasteiger partial charge in [0.1, 0.15) is 17.9 Å². The lowest BCUT2D eigenvalue weighted by molar-refractivity contribution is -0.136. The van der Waals surface area contributed by atoms with Gasteiger partial charge in [-0.05, 0) is 66.0 Å². The molecule has 0 bridgehead atoms. The maximum absolute atomic E-state index is 13.5. The summed E-state index contributed by atoms with van der Waals surface area (Å²) in [5, 5.41) is 5.28. The fraction of sp³-hybridized carbons (Fsp3) is 0.425. The number of alkyl carbamates (subject to hydrolysis) is 2. The topological polar surface area (TPSA) is 171 Å². The van der Waals surface area contributed by atoms with Crippen molar-refractivity contribution in [3.63, 3.8) is 0 Å². The molecule has 14 heteroatoms. The molecule has 4 aromatic rings. The highest BCUT2D eigenvalue weighted by Crippen LogP contribution is 2.35. The molecule has 54 heavy (non-hydrogen) atoms. The lowest BCUT2D eigenvalue weighted by Crippen LogP contribution is -2.51. The molecule has 2 aliphatic heterocycles. The molecule has 4 amide bonds. The number of aromatic amines is 2. The molecule has 4 N–H and O–H groups in total. The van der Waals surface area contributed by atoms with Crippen LogP contribution in [0.3, 0.4) is 0 Å². The Bertz CT molecular complexity index is 1920. The van der Waals surface area contributed by atoms with Gasteiger partial charge in [-0.15, -0.1) is 0 Å². The van der Waals surface area contributed by atoms with Crippen LogP contribution < -0.4 is 10.6 Å². The number of amides is 4. The fourth-order valence-electron chi connectivity index (χ4n) is 7.40. The molecule has 0 spiro atoms. The number of nitrogens with zero attached hydrogens (tertiary/aromatic N) is 3. The number of ether oxygens (including phenoxy) is 3. The summed E-state index contributed by atoms with van der Waals surface area (Å²) in [4.78, 5) is 65.9. The molecule has 2 saturated heterocycles. The predicted octanol–water partition coefficient (Wildman–Crippen LogP) is 5.82. The van der Waals surface area contributed by atoms with Gasteiger partial charge < -0.3 is 44.6 Å². The van der Waals surface area contributed by atoms with Crippen molar-refractivity contribution in [2.75, 3.05) is 41.0 Å². The summed E-state index contributed by atoms with van der Waals surface area (Å²) in [6.45, 7) is 5.04. The van der Waals surface area contributed by atoms with Crippen molar-refractivity contribution in [3.8, 4) is 33.6 Å². The summed E-state index contributed by atoms with van der Waals surface area (Å²) in [7, 11) is 4.03. The van der Waals surface area contributed by atoms with Gasteiger partial charge >= 0.3 is 12.2 Å². The van der Waals surface area contributed by atoms with E-state index in [-0.39, 0.29) is 36.4 Å². The Balaban J connectivity index is 1.10. The van der Waals surface area contributed by atoms with Crippen LogP contribution in [0.1, 0.15) is 63.1 Å². The molecule has 2 fully saturated rings. The second-order valence-corrected chi connectivity index (χ2v) is 14.0. The number of likely N-dealkylation sites (tertiary alicyclic amines) is 2. The van der Waals surface area contributed by atoms with Crippen LogP contribution in [0.15, 0.2) is 66.9 Å². The largest absolute Gasteiger partial charge is 0.453 e. The third-order valence-corrected chi connectivity index (χ3v) is 10.3. The Morgan fingerprint density at radius 1 is 0.722 bits per heavy atom. The summed E-state index contributed by atoms with van der Waals surface area (Å²) in [5.74, 6) is 0.262. The highest BCUT2D eigenvalue weighted by Gasteiger charge is 2.38. The molecule has 4 heterocycles. The van der Waals surface area contributed by atoms with Gasteiger partial charge in [-0.3, -0.25) is 9.59 Å². The SMILES string of the molecule is COC[C@H](NC(=O)OC)C(=O)N1CCC[C@H]1c1ncc(-c2ccc(-c3ccc(-c4ccc([C@@H]5CCCN5C(=O)[C@@H](NC(=O)OC)C(C)C)[nH]4)cc3)cc2)[nH]1. The number of methoxy groups -OCH3 is 3. The van der Waals surface area contributed by atoms with E-state index in [1.165, 1.54) is 21.3 Å². The second-order valence-electron chi connectivity index (χ2n) is 14.0. The molecule has 6 rings (SSSR count). The zero-order valence-corrected chi connectivity index (χ0v) is 31.4. The Morgan fingerprint density at radius 3 is 1.87 bits per heavy atom. The minimum atomic E-state index is -0.860. The molecule has 0 radical (unpaired) electrons. The molecule has 2 aromatic carbocycles. The quantitative estimate of drug-likeness (QED) is 0.141. The molecule has 2 aromatic heterocycles. The van der Waals surface area contributed by atoms with Crippen LogP contribution >= 0.6 is 0 Å². The van der Waals surface area contributed by atoms with E-state index in [1.54, 1.807) is 11.1 Å². The van der Waals surface area contributed by atoms with Crippen LogP contribution in [0.5, 0.6) is 0 Å². The number of carbonyl (C=O) groups excluding carboxylic acids is 4. The fourth-order valence-corrected chi connectivity index (χ4v) is 7.40. The maximum atomic E-state index is 13.5. The first-order chi connectivity index (χ1) is 26.1. The van der Waals surface area contributed by atoms with E-state index >= 15 is 0 Å². The smallest absolute Gasteiger partial charge is 0.407 e. The van der Waals surface area contributed by atoms with E-state index in [1.807, 2.05) is 43.0 Å². The van der Waals surface area contributed by atoms with Crippen molar-refractivity contribution < 1.29 is 33.4 Å². The van der Waals surface area contributed by atoms with Crippen LogP contribution in [-0.4, -0.2) is 102 Å². The van der Waals surface area contributed by atoms with Crippen molar-refractivity contribution in [1.29, 1.82) is 0 Å². The number of rotatable bonds is 12. The first kappa shape index (κ1) is 38.1. The van der Waals surface area contributed by atoms with Gasteiger partial charge in [0.2, 0.25) is 11.8 Å². The third-order valence-electron chi connectivity index (χ3n) is 10.3. The van der Waals surface area contributed by atoms with E-state index in [0.29, 0.717) is 18.9 Å². The van der Waals surface area contributed by atoms with Crippen LogP contribution in [-0.2, 0) is 23.8 Å². The summed E-state index contributed by atoms with van der Waals surface area (Å²) >= 11 is 0. The number of benzene rings is 2. The van der Waals surface area contributed by atoms with Gasteiger partial charge in [-0.2, -0.15) is 0 Å². The molecule has 0 aliphatic carbocycles.